The lowest BCUT2D eigenvalue weighted by Gasteiger charge is -2.38. The Labute approximate surface area is 677 Å². The van der Waals surface area contributed by atoms with Crippen LogP contribution in [-0.4, -0.2) is 310 Å². The number of nitrogens with zero attached hydrogens (tertiary/aromatic N) is 8. The first-order valence-corrected chi connectivity index (χ1v) is 39.9. The van der Waals surface area contributed by atoms with Gasteiger partial charge in [-0.15, -0.1) is 0 Å². The van der Waals surface area contributed by atoms with Crippen LogP contribution in [0.3, 0.4) is 0 Å². The topological polar surface area (TPSA) is 192 Å². The van der Waals surface area contributed by atoms with Crippen molar-refractivity contribution in [3.8, 4) is 0 Å². The average molecular weight is 1570 g/mol. The van der Waals surface area contributed by atoms with Crippen LogP contribution in [0.5, 0.6) is 0 Å². The molecular formula is C87H188N10O12. The third-order valence-corrected chi connectivity index (χ3v) is 19.5. The van der Waals surface area contributed by atoms with Gasteiger partial charge in [0.15, 0.2) is 0 Å². The molecule has 22 heteroatoms. The van der Waals surface area contributed by atoms with Crippen LogP contribution < -0.4 is 10.6 Å². The summed E-state index contributed by atoms with van der Waals surface area (Å²) in [5, 5.41) is 6.32. The summed E-state index contributed by atoms with van der Waals surface area (Å²) < 4.78 is 43.2. The van der Waals surface area contributed by atoms with Crippen LogP contribution >= 0.6 is 0 Å². The predicted molar refractivity (Wildman–Crippen MR) is 469 cm³/mol. The number of esters is 3. The molecule has 2 aliphatic heterocycles. The third-order valence-electron chi connectivity index (χ3n) is 19.5. The van der Waals surface area contributed by atoms with Crippen molar-refractivity contribution >= 4 is 23.8 Å². The summed E-state index contributed by atoms with van der Waals surface area (Å²) in [6, 6.07) is 0. The summed E-state index contributed by atoms with van der Waals surface area (Å²) in [5.41, 5.74) is 0.644. The number of hydrogen-bond acceptors (Lipinski definition) is 21. The van der Waals surface area contributed by atoms with E-state index in [0.717, 1.165) is 194 Å². The van der Waals surface area contributed by atoms with Gasteiger partial charge in [-0.25, -0.2) is 0 Å². The van der Waals surface area contributed by atoms with Crippen molar-refractivity contribution in [2.24, 2.45) is 38.9 Å². The molecule has 1 amide bonds. The maximum Gasteiger partial charge on any atom is 0.311 e. The highest BCUT2D eigenvalue weighted by atomic mass is 16.6. The molecule has 0 aromatic heterocycles. The Kier molecular flexibility index (Phi) is 81.2. The first-order valence-electron chi connectivity index (χ1n) is 39.9. The first kappa shape index (κ1) is 123. The minimum Gasteiger partial charge on any atom is -0.497 e. The number of piperazine rings is 1. The van der Waals surface area contributed by atoms with Crippen molar-refractivity contribution in [3.63, 3.8) is 0 Å². The van der Waals surface area contributed by atoms with Gasteiger partial charge in [0.25, 0.3) is 0 Å². The lowest BCUT2D eigenvalue weighted by molar-refractivity contribution is -0.161. The van der Waals surface area contributed by atoms with E-state index >= 15 is 0 Å². The van der Waals surface area contributed by atoms with Gasteiger partial charge in [-0.2, -0.15) is 0 Å². The second-order valence-electron chi connectivity index (χ2n) is 32.2. The van der Waals surface area contributed by atoms with Crippen molar-refractivity contribution in [2.75, 3.05) is 241 Å². The standard InChI is InChI=1S/C15H31NO3.C13H28N2O2.C12H23NO2.C11H24N2O.C11H22N2.C11H23NO2.C10H21NO2.4CH4/c1-7-15(3,4)14(2)19-13-12-18-11-10-17-9-8-16(5)6;1-8-13(2,3)12(16)17-11(9-14(4)5)10-15(6)7;1-4-11(2)12(3)15-10-7-13-5-8-14-9-6-13;1-6-11(2,3)10(14)12-8-7-9-13(4)5;1-5-11(3,4)10(2)13-8-6-12-7-9-13;1-5-10(4)11(13)14-9-8-12(6-2)7-3;1-6-10(2,3)9(12)13-8-7-11(4)5;;;;/h2,7-13H2,1,3-6H3;11H,8-10H2,1-7H3;11H,3-10H2,1-2H3;6-9H2,1-5H3,(H,12,14);12H,2,5-9H2,1,3-4H3;10H,5-9H2,1-4H3;6-8H2,1-5H3;4*1H4. The van der Waals surface area contributed by atoms with Crippen LogP contribution in [0, 0.1) is 38.9 Å². The average Bonchev–Trinajstić information content (AvgIpc) is 0.854. The lowest BCUT2D eigenvalue weighted by Crippen LogP contribution is -2.45. The number of morpholine rings is 1. The Morgan fingerprint density at radius 2 is 0.908 bits per heavy atom. The van der Waals surface area contributed by atoms with Crippen molar-refractivity contribution in [1.82, 2.24) is 49.8 Å². The van der Waals surface area contributed by atoms with Crippen molar-refractivity contribution < 1.29 is 57.1 Å². The predicted octanol–water partition coefficient (Wildman–Crippen LogP) is 15.2. The largest absolute Gasteiger partial charge is 0.497 e. The van der Waals surface area contributed by atoms with Crippen LogP contribution in [0.4, 0.5) is 0 Å². The molecule has 2 atom stereocenters. The molecule has 658 valence electrons. The van der Waals surface area contributed by atoms with E-state index in [9.17, 15) is 19.2 Å². The summed E-state index contributed by atoms with van der Waals surface area (Å²) in [7, 11) is 20.0. The monoisotopic (exact) mass is 1570 g/mol. The molecule has 2 unspecified atom stereocenters. The molecule has 2 aliphatic rings. The van der Waals surface area contributed by atoms with Crippen LogP contribution in [0.2, 0.25) is 0 Å². The highest BCUT2D eigenvalue weighted by Crippen LogP contribution is 2.32. The fraction of sp³-hybridized carbons (Fsp3) is 0.885. The Hall–Kier alpha value is -3.94. The van der Waals surface area contributed by atoms with Gasteiger partial charge in [0.1, 0.15) is 32.5 Å². The Balaban J connectivity index is -0.000000153. The third kappa shape index (κ3) is 68.2. The van der Waals surface area contributed by atoms with Gasteiger partial charge in [0.2, 0.25) is 5.91 Å². The van der Waals surface area contributed by atoms with Gasteiger partial charge in [-0.05, 0) is 169 Å². The van der Waals surface area contributed by atoms with Gasteiger partial charge in [-0.1, -0.05) is 167 Å². The second kappa shape index (κ2) is 71.8. The van der Waals surface area contributed by atoms with Gasteiger partial charge < -0.3 is 82.8 Å². The van der Waals surface area contributed by atoms with Gasteiger partial charge in [-0.3, -0.25) is 24.1 Å². The van der Waals surface area contributed by atoms with E-state index in [1.165, 1.54) is 5.70 Å². The smallest absolute Gasteiger partial charge is 0.311 e. The van der Waals surface area contributed by atoms with E-state index in [0.29, 0.717) is 45.6 Å². The minimum atomic E-state index is -0.392. The molecule has 0 radical (unpaired) electrons. The van der Waals surface area contributed by atoms with E-state index in [2.05, 4.69) is 124 Å². The first-order chi connectivity index (χ1) is 48.8. The molecule has 2 saturated heterocycles. The summed E-state index contributed by atoms with van der Waals surface area (Å²) >= 11 is 0. The van der Waals surface area contributed by atoms with E-state index in [-0.39, 0.29) is 87.2 Å². The van der Waals surface area contributed by atoms with Crippen LogP contribution in [0.15, 0.2) is 37.0 Å². The maximum absolute atomic E-state index is 12.0. The lowest BCUT2D eigenvalue weighted by atomic mass is 9.86. The quantitative estimate of drug-likeness (QED) is 0.0253. The fourth-order valence-corrected chi connectivity index (χ4v) is 8.44. The van der Waals surface area contributed by atoms with Crippen molar-refractivity contribution in [3.05, 3.63) is 37.0 Å². The molecule has 0 aliphatic carbocycles. The number of likely N-dealkylation sites (N-methyl/N-ethyl adjacent to an activating group) is 5. The minimum absolute atomic E-state index is 0. The number of allylic oxidation sites excluding steroid dienone is 3. The van der Waals surface area contributed by atoms with E-state index in [4.69, 9.17) is 37.9 Å². The molecule has 109 heavy (non-hydrogen) atoms. The van der Waals surface area contributed by atoms with Crippen LogP contribution in [0.1, 0.15) is 226 Å². The highest BCUT2D eigenvalue weighted by Gasteiger charge is 2.31. The number of carbonyl (C=O) groups excluding carboxylic acids is 4. The number of amides is 1. The summed E-state index contributed by atoms with van der Waals surface area (Å²) in [6.07, 6.45) is 7.56. The molecule has 0 saturated carbocycles. The summed E-state index contributed by atoms with van der Waals surface area (Å²) in [5.74, 6) is 2.15. The zero-order chi connectivity index (χ0) is 82.0. The Morgan fingerprint density at radius 1 is 0.477 bits per heavy atom. The van der Waals surface area contributed by atoms with Crippen molar-refractivity contribution in [1.29, 1.82) is 0 Å². The maximum atomic E-state index is 12.0. The zero-order valence-corrected chi connectivity index (χ0v) is 74.4. The molecule has 2 rings (SSSR count). The number of rotatable bonds is 46. The molecule has 0 aromatic carbocycles. The number of nitrogens with one attached hydrogen (secondary N) is 2. The number of ether oxygens (including phenoxy) is 8. The normalized spacial score (nSPS) is 13.6. The molecule has 2 heterocycles. The summed E-state index contributed by atoms with van der Waals surface area (Å²) in [6.45, 7) is 77.3. The van der Waals surface area contributed by atoms with Crippen LogP contribution in [-0.2, 0) is 57.1 Å². The molecule has 0 bridgehead atoms. The van der Waals surface area contributed by atoms with Gasteiger partial charge >= 0.3 is 17.9 Å². The molecule has 0 aromatic rings. The number of carbonyl (C=O) groups is 4. The molecule has 0 spiro atoms. The van der Waals surface area contributed by atoms with Crippen molar-refractivity contribution in [2.45, 2.75) is 233 Å². The van der Waals surface area contributed by atoms with E-state index in [1.807, 2.05) is 161 Å². The second-order valence-corrected chi connectivity index (χ2v) is 32.2. The van der Waals surface area contributed by atoms with E-state index in [1.54, 1.807) is 0 Å². The zero-order valence-electron chi connectivity index (χ0n) is 74.4. The fourth-order valence-electron chi connectivity index (χ4n) is 8.44. The molecular weight excluding hydrogens is 1380 g/mol. The highest BCUT2D eigenvalue weighted by molar-refractivity contribution is 5.81. The molecule has 22 nitrogen and oxygen atoms in total. The molecule has 2 fully saturated rings. The van der Waals surface area contributed by atoms with Crippen LogP contribution in [0.25, 0.3) is 0 Å². The summed E-state index contributed by atoms with van der Waals surface area (Å²) in [4.78, 5) is 63.7. The molecule has 2 N–H and O–H groups in total. The van der Waals surface area contributed by atoms with E-state index < -0.39 is 5.41 Å². The Bertz CT molecular complexity index is 2170. The SMILES string of the molecule is C.C.C.C.C=C(N1CCNCC1)C(C)(C)CC.C=C(OCCN1CCOCC1)C(C)CC.C=C(OCCOCCOCCN(C)C)C(C)(C)CC.CCC(C)(C)C(=O)NCCCN(C)C.CCC(C)(C)C(=O)OC(CN(C)C)CN(C)C.CCC(C)(C)C(=O)OCCN(C)C.CCC(C)C(=O)OCCN(CC)CC. The number of hydrogen-bond donors (Lipinski definition) is 2. The van der Waals surface area contributed by atoms with Gasteiger partial charge in [0.05, 0.1) is 67.9 Å². The van der Waals surface area contributed by atoms with Gasteiger partial charge in [0, 0.05) is 113 Å². The Morgan fingerprint density at radius 3 is 1.34 bits per heavy atom.